The first kappa shape index (κ1) is 14.5. The standard InChI is InChI=1S/C12H15F2NO3/c1-15(6-9(16)7-18-2)12(17)10-4-3-8(13)5-11(10)14/h3-5,9,16H,6-7H2,1-2H3. The number of amides is 1. The summed E-state index contributed by atoms with van der Waals surface area (Å²) in [6.45, 7) is 0.0764. The van der Waals surface area contributed by atoms with E-state index < -0.39 is 23.6 Å². The maximum atomic E-state index is 13.4. The van der Waals surface area contributed by atoms with Gasteiger partial charge in [0.15, 0.2) is 0 Å². The van der Waals surface area contributed by atoms with Crippen molar-refractivity contribution in [3.63, 3.8) is 0 Å². The molecular weight excluding hydrogens is 244 g/mol. The van der Waals surface area contributed by atoms with Gasteiger partial charge < -0.3 is 14.7 Å². The predicted molar refractivity (Wildman–Crippen MR) is 61.2 cm³/mol. The van der Waals surface area contributed by atoms with Crippen LogP contribution in [0.1, 0.15) is 10.4 Å². The van der Waals surface area contributed by atoms with Gasteiger partial charge in [0.1, 0.15) is 11.6 Å². The van der Waals surface area contributed by atoms with E-state index in [1.165, 1.54) is 14.2 Å². The minimum atomic E-state index is -0.923. The van der Waals surface area contributed by atoms with Gasteiger partial charge in [-0.3, -0.25) is 4.79 Å². The van der Waals surface area contributed by atoms with Gasteiger partial charge in [0.2, 0.25) is 0 Å². The van der Waals surface area contributed by atoms with Crippen molar-refractivity contribution in [2.45, 2.75) is 6.10 Å². The Morgan fingerprint density at radius 1 is 1.50 bits per heavy atom. The average Bonchev–Trinajstić information content (AvgIpc) is 2.28. The Kier molecular flexibility index (Phi) is 5.18. The molecule has 0 heterocycles. The van der Waals surface area contributed by atoms with Gasteiger partial charge in [-0.15, -0.1) is 0 Å². The zero-order valence-electron chi connectivity index (χ0n) is 10.2. The van der Waals surface area contributed by atoms with E-state index in [1.54, 1.807) is 0 Å². The highest BCUT2D eigenvalue weighted by Gasteiger charge is 2.18. The zero-order chi connectivity index (χ0) is 13.7. The molecular formula is C12H15F2NO3. The number of carbonyl (C=O) groups is 1. The molecule has 1 aromatic rings. The van der Waals surface area contributed by atoms with Gasteiger partial charge in [-0.25, -0.2) is 8.78 Å². The van der Waals surface area contributed by atoms with Crippen molar-refractivity contribution in [1.29, 1.82) is 0 Å². The molecule has 0 radical (unpaired) electrons. The Bertz CT molecular complexity index is 426. The lowest BCUT2D eigenvalue weighted by molar-refractivity contribution is 0.0378. The van der Waals surface area contributed by atoms with E-state index in [9.17, 15) is 18.7 Å². The number of likely N-dealkylation sites (N-methyl/N-ethyl adjacent to an activating group) is 1. The average molecular weight is 259 g/mol. The minimum absolute atomic E-state index is 0.00346. The first-order valence-electron chi connectivity index (χ1n) is 5.33. The van der Waals surface area contributed by atoms with Crippen molar-refractivity contribution < 1.29 is 23.4 Å². The summed E-state index contributed by atoms with van der Waals surface area (Å²) in [7, 11) is 2.84. The maximum Gasteiger partial charge on any atom is 0.256 e. The molecule has 0 spiro atoms. The molecule has 1 aromatic carbocycles. The number of halogens is 2. The highest BCUT2D eigenvalue weighted by atomic mass is 19.1. The maximum absolute atomic E-state index is 13.4. The number of methoxy groups -OCH3 is 1. The lowest BCUT2D eigenvalue weighted by Crippen LogP contribution is -2.36. The molecule has 1 N–H and O–H groups in total. The lowest BCUT2D eigenvalue weighted by Gasteiger charge is -2.20. The number of ether oxygens (including phenoxy) is 1. The smallest absolute Gasteiger partial charge is 0.256 e. The van der Waals surface area contributed by atoms with Crippen molar-refractivity contribution >= 4 is 5.91 Å². The molecule has 0 saturated carbocycles. The van der Waals surface area contributed by atoms with Crippen LogP contribution in [0.3, 0.4) is 0 Å². The summed E-state index contributed by atoms with van der Waals surface area (Å²) in [6, 6.07) is 2.73. The van der Waals surface area contributed by atoms with Gasteiger partial charge in [0.25, 0.3) is 5.91 Å². The molecule has 0 aromatic heterocycles. The van der Waals surface area contributed by atoms with Crippen molar-refractivity contribution in [1.82, 2.24) is 4.90 Å². The van der Waals surface area contributed by atoms with E-state index in [1.807, 2.05) is 0 Å². The fraction of sp³-hybridized carbons (Fsp3) is 0.417. The van der Waals surface area contributed by atoms with Gasteiger partial charge in [-0.2, -0.15) is 0 Å². The van der Waals surface area contributed by atoms with Gasteiger partial charge in [0.05, 0.1) is 18.3 Å². The van der Waals surface area contributed by atoms with Crippen LogP contribution in [0.25, 0.3) is 0 Å². The summed E-state index contributed by atoms with van der Waals surface area (Å²) in [5.74, 6) is -2.29. The molecule has 0 saturated heterocycles. The second-order valence-corrected chi connectivity index (χ2v) is 3.92. The summed E-state index contributed by atoms with van der Waals surface area (Å²) >= 11 is 0. The number of hydrogen-bond donors (Lipinski definition) is 1. The summed E-state index contributed by atoms with van der Waals surface area (Å²) in [5.41, 5.74) is -0.233. The highest BCUT2D eigenvalue weighted by Crippen LogP contribution is 2.11. The number of aliphatic hydroxyl groups is 1. The second-order valence-electron chi connectivity index (χ2n) is 3.92. The normalized spacial score (nSPS) is 12.3. The van der Waals surface area contributed by atoms with Crippen molar-refractivity contribution in [3.05, 3.63) is 35.4 Å². The van der Waals surface area contributed by atoms with Crippen molar-refractivity contribution in [2.24, 2.45) is 0 Å². The molecule has 1 unspecified atom stereocenters. The molecule has 0 aliphatic rings. The number of hydrogen-bond acceptors (Lipinski definition) is 3. The molecule has 0 aliphatic carbocycles. The second kappa shape index (κ2) is 6.42. The highest BCUT2D eigenvalue weighted by molar-refractivity contribution is 5.94. The van der Waals surface area contributed by atoms with Gasteiger partial charge in [0, 0.05) is 26.8 Å². The van der Waals surface area contributed by atoms with Crippen LogP contribution in [0, 0.1) is 11.6 Å². The Balaban J connectivity index is 2.74. The number of rotatable bonds is 5. The number of nitrogens with zero attached hydrogens (tertiary/aromatic N) is 1. The van der Waals surface area contributed by atoms with Crippen LogP contribution in [0.2, 0.25) is 0 Å². The topological polar surface area (TPSA) is 49.8 Å². The van der Waals surface area contributed by atoms with E-state index in [0.717, 1.165) is 17.0 Å². The SMILES string of the molecule is COCC(O)CN(C)C(=O)c1ccc(F)cc1F. The van der Waals surface area contributed by atoms with Crippen LogP contribution < -0.4 is 0 Å². The van der Waals surface area contributed by atoms with Crippen LogP contribution in [-0.2, 0) is 4.74 Å². The number of carbonyl (C=O) groups excluding carboxylic acids is 1. The molecule has 0 bridgehead atoms. The van der Waals surface area contributed by atoms with Crippen LogP contribution >= 0.6 is 0 Å². The molecule has 1 atom stereocenters. The van der Waals surface area contributed by atoms with Crippen LogP contribution in [0.5, 0.6) is 0 Å². The van der Waals surface area contributed by atoms with E-state index >= 15 is 0 Å². The number of aliphatic hydroxyl groups excluding tert-OH is 1. The van der Waals surface area contributed by atoms with Crippen LogP contribution in [-0.4, -0.2) is 49.3 Å². The monoisotopic (exact) mass is 259 g/mol. The van der Waals surface area contributed by atoms with Crippen LogP contribution in [0.15, 0.2) is 18.2 Å². The summed E-state index contributed by atoms with van der Waals surface area (Å²) in [5, 5.41) is 9.46. The minimum Gasteiger partial charge on any atom is -0.389 e. The zero-order valence-corrected chi connectivity index (χ0v) is 10.2. The molecule has 1 rings (SSSR count). The van der Waals surface area contributed by atoms with Crippen molar-refractivity contribution in [3.8, 4) is 0 Å². The number of benzene rings is 1. The van der Waals surface area contributed by atoms with E-state index in [4.69, 9.17) is 4.74 Å². The third-order valence-electron chi connectivity index (χ3n) is 2.35. The third kappa shape index (κ3) is 3.75. The van der Waals surface area contributed by atoms with E-state index in [0.29, 0.717) is 6.07 Å². The quantitative estimate of drug-likeness (QED) is 0.859. The Morgan fingerprint density at radius 2 is 2.17 bits per heavy atom. The first-order valence-corrected chi connectivity index (χ1v) is 5.33. The Labute approximate surface area is 104 Å². The molecule has 4 nitrogen and oxygen atoms in total. The van der Waals surface area contributed by atoms with Gasteiger partial charge in [-0.05, 0) is 12.1 Å². The van der Waals surface area contributed by atoms with E-state index in [2.05, 4.69) is 0 Å². The Morgan fingerprint density at radius 3 is 2.72 bits per heavy atom. The predicted octanol–water partition coefficient (Wildman–Crippen LogP) is 1.04. The largest absolute Gasteiger partial charge is 0.389 e. The molecule has 1 amide bonds. The summed E-state index contributed by atoms with van der Waals surface area (Å²) in [6.07, 6.45) is -0.854. The van der Waals surface area contributed by atoms with Gasteiger partial charge >= 0.3 is 0 Å². The van der Waals surface area contributed by atoms with E-state index in [-0.39, 0.29) is 18.7 Å². The lowest BCUT2D eigenvalue weighted by atomic mass is 10.2. The fourth-order valence-corrected chi connectivity index (χ4v) is 1.51. The van der Waals surface area contributed by atoms with Crippen molar-refractivity contribution in [2.75, 3.05) is 27.3 Å². The van der Waals surface area contributed by atoms with Gasteiger partial charge in [-0.1, -0.05) is 0 Å². The molecule has 100 valence electrons. The summed E-state index contributed by atoms with van der Waals surface area (Å²) in [4.78, 5) is 13.0. The molecule has 0 fully saturated rings. The fourth-order valence-electron chi connectivity index (χ4n) is 1.51. The summed E-state index contributed by atoms with van der Waals surface area (Å²) < 4.78 is 30.8. The Hall–Kier alpha value is -1.53. The molecule has 18 heavy (non-hydrogen) atoms. The molecule has 0 aliphatic heterocycles. The third-order valence-corrected chi connectivity index (χ3v) is 2.35. The van der Waals surface area contributed by atoms with Crippen LogP contribution in [0.4, 0.5) is 8.78 Å². The molecule has 6 heteroatoms. The first-order chi connectivity index (χ1) is 8.45.